The number of thioether (sulfide) groups is 1. The van der Waals surface area contributed by atoms with Crippen molar-refractivity contribution in [3.63, 3.8) is 0 Å². The summed E-state index contributed by atoms with van der Waals surface area (Å²) in [6.45, 7) is 0.887. The lowest BCUT2D eigenvalue weighted by Gasteiger charge is -2.29. The maximum absolute atomic E-state index is 12.1. The predicted molar refractivity (Wildman–Crippen MR) is 127 cm³/mol. The van der Waals surface area contributed by atoms with Crippen LogP contribution in [0.3, 0.4) is 0 Å². The number of amides is 1. The molecule has 6 rings (SSSR count). The standard InChI is InChI=1S/C22H25N9O2S/c32-18-17(34-20-19(30-18)33-20)11-16-6-9-24-21(28-16)27-14-3-1-13(2-4-14)23-8-5-15-7-10-31-22(29-15)25-12-26-31/h6-7,9-14,19-20,23H,1-5,8H2,(H,30,32)(H,24,27,28)/b17-11-. The van der Waals surface area contributed by atoms with Crippen molar-refractivity contribution in [2.24, 2.45) is 0 Å². The molecular formula is C22H25N9O2S. The Morgan fingerprint density at radius 2 is 2.06 bits per heavy atom. The van der Waals surface area contributed by atoms with Crippen molar-refractivity contribution in [1.29, 1.82) is 0 Å². The summed E-state index contributed by atoms with van der Waals surface area (Å²) in [5.74, 6) is 1.12. The molecule has 0 aromatic carbocycles. The molecule has 1 amide bonds. The van der Waals surface area contributed by atoms with Gasteiger partial charge < -0.3 is 20.7 Å². The van der Waals surface area contributed by atoms with E-state index >= 15 is 0 Å². The van der Waals surface area contributed by atoms with Crippen molar-refractivity contribution in [3.05, 3.63) is 47.1 Å². The minimum absolute atomic E-state index is 0.0287. The van der Waals surface area contributed by atoms with Crippen molar-refractivity contribution in [1.82, 2.24) is 40.2 Å². The average molecular weight is 480 g/mol. The predicted octanol–water partition coefficient (Wildman–Crippen LogP) is 1.36. The largest absolute Gasteiger partial charge is 0.351 e. The van der Waals surface area contributed by atoms with Gasteiger partial charge in [0.2, 0.25) is 5.95 Å². The Labute approximate surface area is 200 Å². The van der Waals surface area contributed by atoms with Crippen molar-refractivity contribution in [2.45, 2.75) is 55.9 Å². The van der Waals surface area contributed by atoms with Gasteiger partial charge in [-0.05, 0) is 43.9 Å². The molecule has 3 N–H and O–H groups in total. The molecule has 2 aliphatic heterocycles. The minimum Gasteiger partial charge on any atom is -0.351 e. The molecule has 11 nitrogen and oxygen atoms in total. The lowest BCUT2D eigenvalue weighted by atomic mass is 9.91. The Morgan fingerprint density at radius 3 is 2.97 bits per heavy atom. The molecule has 3 fully saturated rings. The number of carbonyl (C=O) groups is 1. The molecule has 5 heterocycles. The van der Waals surface area contributed by atoms with Crippen molar-refractivity contribution < 1.29 is 9.53 Å². The van der Waals surface area contributed by atoms with E-state index in [0.717, 1.165) is 44.3 Å². The number of rotatable bonds is 7. The van der Waals surface area contributed by atoms with E-state index in [9.17, 15) is 4.79 Å². The van der Waals surface area contributed by atoms with Gasteiger partial charge >= 0.3 is 0 Å². The number of aromatic nitrogens is 6. The summed E-state index contributed by atoms with van der Waals surface area (Å²) < 4.78 is 7.01. The van der Waals surface area contributed by atoms with Gasteiger partial charge in [0.05, 0.1) is 10.6 Å². The van der Waals surface area contributed by atoms with Crippen LogP contribution in [-0.2, 0) is 16.0 Å². The number of carbonyl (C=O) groups excluding carboxylic acids is 1. The summed E-state index contributed by atoms with van der Waals surface area (Å²) in [6.07, 6.45) is 11.9. The average Bonchev–Trinajstić information content (AvgIpc) is 3.42. The lowest BCUT2D eigenvalue weighted by molar-refractivity contribution is -0.117. The zero-order valence-corrected chi connectivity index (χ0v) is 19.2. The third-order valence-electron chi connectivity index (χ3n) is 6.23. The van der Waals surface area contributed by atoms with E-state index in [0.29, 0.717) is 34.4 Å². The number of nitrogens with zero attached hydrogens (tertiary/aromatic N) is 6. The second-order valence-electron chi connectivity index (χ2n) is 8.65. The molecule has 3 aromatic rings. The first-order chi connectivity index (χ1) is 16.7. The third kappa shape index (κ3) is 4.88. The van der Waals surface area contributed by atoms with Gasteiger partial charge in [0.25, 0.3) is 11.7 Å². The van der Waals surface area contributed by atoms with Crippen molar-refractivity contribution in [2.75, 3.05) is 11.9 Å². The van der Waals surface area contributed by atoms with Gasteiger partial charge in [0.15, 0.2) is 11.7 Å². The fourth-order valence-electron chi connectivity index (χ4n) is 4.35. The van der Waals surface area contributed by atoms with E-state index < -0.39 is 0 Å². The molecule has 0 spiro atoms. The van der Waals surface area contributed by atoms with Crippen molar-refractivity contribution >= 4 is 35.5 Å². The third-order valence-corrected chi connectivity index (χ3v) is 7.38. The number of anilines is 1. The number of hydrogen-bond donors (Lipinski definition) is 3. The number of hydrogen-bond acceptors (Lipinski definition) is 10. The van der Waals surface area contributed by atoms with Gasteiger partial charge in [-0.25, -0.2) is 19.5 Å². The van der Waals surface area contributed by atoms with Gasteiger partial charge in [-0.2, -0.15) is 10.1 Å². The van der Waals surface area contributed by atoms with Gasteiger partial charge in [-0.3, -0.25) is 4.79 Å². The van der Waals surface area contributed by atoms with Crippen molar-refractivity contribution in [3.8, 4) is 0 Å². The number of nitrogens with one attached hydrogen (secondary N) is 3. The van der Waals surface area contributed by atoms with Crippen LogP contribution < -0.4 is 16.0 Å². The van der Waals surface area contributed by atoms with Crippen LogP contribution in [0.5, 0.6) is 0 Å². The van der Waals surface area contributed by atoms with Crippen LogP contribution >= 0.6 is 11.8 Å². The SMILES string of the molecule is O=C1NC2OC2S/C1=C\c1ccnc(NC2CCC(NCCc3ccn4ncnc4n3)CC2)n1. The summed E-state index contributed by atoms with van der Waals surface area (Å²) >= 11 is 1.44. The molecule has 1 aliphatic carbocycles. The lowest BCUT2D eigenvalue weighted by Crippen LogP contribution is -2.38. The van der Waals surface area contributed by atoms with Gasteiger partial charge in [-0.15, -0.1) is 0 Å². The Hall–Kier alpha value is -3.09. The minimum atomic E-state index is -0.136. The van der Waals surface area contributed by atoms with E-state index in [1.54, 1.807) is 16.8 Å². The second kappa shape index (κ2) is 9.28. The fraction of sp³-hybridized carbons (Fsp3) is 0.455. The Kier molecular flexibility index (Phi) is 5.85. The Bertz CT molecular complexity index is 1220. The van der Waals surface area contributed by atoms with Crippen LogP contribution in [0.2, 0.25) is 0 Å². The number of epoxide rings is 1. The van der Waals surface area contributed by atoms with E-state index in [-0.39, 0.29) is 17.6 Å². The molecule has 12 heteroatoms. The highest BCUT2D eigenvalue weighted by Gasteiger charge is 2.46. The van der Waals surface area contributed by atoms with Crippen LogP contribution in [0.15, 0.2) is 35.8 Å². The topological polar surface area (TPSA) is 135 Å². The second-order valence-corrected chi connectivity index (χ2v) is 9.79. The first kappa shape index (κ1) is 21.4. The highest BCUT2D eigenvalue weighted by molar-refractivity contribution is 8.05. The van der Waals surface area contributed by atoms with Crippen LogP contribution in [-0.4, -0.2) is 65.7 Å². The molecule has 2 saturated heterocycles. The summed E-state index contributed by atoms with van der Waals surface area (Å²) in [5.41, 5.74) is 1.76. The molecule has 2 unspecified atom stereocenters. The Balaban J connectivity index is 0.969. The summed E-state index contributed by atoms with van der Waals surface area (Å²) in [7, 11) is 0. The van der Waals surface area contributed by atoms with E-state index in [1.165, 1.54) is 18.1 Å². The van der Waals surface area contributed by atoms with Crippen LogP contribution in [0.4, 0.5) is 5.95 Å². The normalized spacial score (nSPS) is 27.4. The molecular weight excluding hydrogens is 454 g/mol. The van der Waals surface area contributed by atoms with Crippen LogP contribution in [0, 0.1) is 0 Å². The highest BCUT2D eigenvalue weighted by Crippen LogP contribution is 2.40. The molecule has 2 atom stereocenters. The quantitative estimate of drug-likeness (QED) is 0.337. The maximum atomic E-state index is 12.1. The molecule has 0 bridgehead atoms. The molecule has 34 heavy (non-hydrogen) atoms. The van der Waals surface area contributed by atoms with E-state index in [1.807, 2.05) is 18.3 Å². The smallest absolute Gasteiger partial charge is 0.259 e. The first-order valence-corrected chi connectivity index (χ1v) is 12.4. The molecule has 0 radical (unpaired) electrons. The zero-order chi connectivity index (χ0) is 22.9. The molecule has 3 aromatic heterocycles. The first-order valence-electron chi connectivity index (χ1n) is 11.5. The maximum Gasteiger partial charge on any atom is 0.259 e. The molecule has 1 saturated carbocycles. The van der Waals surface area contributed by atoms with Gasteiger partial charge in [-0.1, -0.05) is 11.8 Å². The number of fused-ring (bicyclic) bond motifs is 2. The van der Waals surface area contributed by atoms with Crippen LogP contribution in [0.25, 0.3) is 11.9 Å². The van der Waals surface area contributed by atoms with E-state index in [4.69, 9.17) is 4.74 Å². The molecule has 176 valence electrons. The Morgan fingerprint density at radius 1 is 1.18 bits per heavy atom. The summed E-state index contributed by atoms with van der Waals surface area (Å²) in [6, 6.07) is 4.64. The summed E-state index contributed by atoms with van der Waals surface area (Å²) in [4.78, 5) is 30.3. The number of ether oxygens (including phenoxy) is 1. The van der Waals surface area contributed by atoms with Crippen LogP contribution in [0.1, 0.15) is 37.1 Å². The van der Waals surface area contributed by atoms with Gasteiger partial charge in [0.1, 0.15) is 6.33 Å². The zero-order valence-electron chi connectivity index (χ0n) is 18.4. The fourth-order valence-corrected chi connectivity index (χ4v) is 5.32. The molecule has 3 aliphatic rings. The highest BCUT2D eigenvalue weighted by atomic mass is 32.2. The van der Waals surface area contributed by atoms with Gasteiger partial charge in [0, 0.05) is 43.1 Å². The monoisotopic (exact) mass is 479 g/mol. The summed E-state index contributed by atoms with van der Waals surface area (Å²) in [5, 5.41) is 14.0. The van der Waals surface area contributed by atoms with E-state index in [2.05, 4.69) is 41.0 Å².